The highest BCUT2D eigenvalue weighted by atomic mass is 16.5. The first-order chi connectivity index (χ1) is 21.3. The van der Waals surface area contributed by atoms with Gasteiger partial charge in [-0.05, 0) is 89.0 Å². The van der Waals surface area contributed by atoms with E-state index in [1.807, 2.05) is 0 Å². The van der Waals surface area contributed by atoms with Crippen molar-refractivity contribution in [2.24, 2.45) is 0 Å². The molecule has 2 aliphatic heterocycles. The van der Waals surface area contributed by atoms with Crippen LogP contribution in [-0.4, -0.2) is 0 Å². The molecule has 2 heterocycles. The summed E-state index contributed by atoms with van der Waals surface area (Å²) in [6.45, 7) is 0. The van der Waals surface area contributed by atoms with E-state index in [0.29, 0.717) is 23.7 Å². The van der Waals surface area contributed by atoms with Gasteiger partial charge >= 0.3 is 0 Å². The van der Waals surface area contributed by atoms with Crippen LogP contribution in [0.1, 0.15) is 125 Å². The second kappa shape index (κ2) is 7.25. The molecule has 1 heteroatoms. The Hall–Kier alpha value is -4.72. The van der Waals surface area contributed by atoms with Crippen LogP contribution in [0.3, 0.4) is 0 Å². The first-order valence-electron chi connectivity index (χ1n) is 15.7. The number of fused-ring (bicyclic) bond motifs is 8. The lowest BCUT2D eigenvalue weighted by molar-refractivity contribution is 0.0857. The molecule has 6 aromatic rings. The van der Waals surface area contributed by atoms with Crippen LogP contribution in [0, 0.1) is 0 Å². The Balaban J connectivity index is 1.06. The predicted octanol–water partition coefficient (Wildman–Crippen LogP) is 9.18. The first kappa shape index (κ1) is 21.9. The molecule has 43 heavy (non-hydrogen) atoms. The zero-order valence-corrected chi connectivity index (χ0v) is 23.4. The lowest BCUT2D eigenvalue weighted by Gasteiger charge is -2.43. The van der Waals surface area contributed by atoms with Gasteiger partial charge in [0.2, 0.25) is 0 Å². The quantitative estimate of drug-likeness (QED) is 0.184. The van der Waals surface area contributed by atoms with E-state index in [9.17, 15) is 0 Å². The largest absolute Gasteiger partial charge is 0.356 e. The van der Waals surface area contributed by atoms with Crippen LogP contribution < -0.4 is 0 Å². The number of hydrogen-bond acceptors (Lipinski definition) is 1. The Labute approximate surface area is 250 Å². The number of ether oxygens (including phenoxy) is 1. The van der Waals surface area contributed by atoms with Gasteiger partial charge in [-0.2, -0.15) is 0 Å². The minimum Gasteiger partial charge on any atom is -0.356 e. The van der Waals surface area contributed by atoms with Gasteiger partial charge in [-0.1, -0.05) is 121 Å². The standard InChI is InChI=1S/C42H26O/c1-2-10-22-21(9-1)37-23-11-3-4-12-24(23)38(22)30-18-34-33(17-29(30)37)41-35-19-31-32(20-36(35)42(34)43-41)40-27-15-7-5-13-25(27)39(31)26-14-6-8-16-28(26)40/h1-20,37-42H. The molecule has 0 unspecified atom stereocenters. The van der Waals surface area contributed by atoms with Crippen molar-refractivity contribution in [3.63, 3.8) is 0 Å². The molecule has 0 atom stereocenters. The summed E-state index contributed by atoms with van der Waals surface area (Å²) in [6, 6.07) is 46.7. The minimum atomic E-state index is 0.0162. The molecule has 14 rings (SSSR count). The Morgan fingerprint density at radius 3 is 0.674 bits per heavy atom. The van der Waals surface area contributed by atoms with Crippen molar-refractivity contribution in [1.82, 2.24) is 0 Å². The fraction of sp³-hybridized carbons (Fsp3) is 0.143. The Kier molecular flexibility index (Phi) is 3.69. The molecule has 6 aliphatic carbocycles. The van der Waals surface area contributed by atoms with Gasteiger partial charge in [0.1, 0.15) is 12.2 Å². The van der Waals surface area contributed by atoms with Gasteiger partial charge in [0.05, 0.1) is 0 Å². The molecule has 0 saturated heterocycles. The summed E-state index contributed by atoms with van der Waals surface area (Å²) in [7, 11) is 0. The highest BCUT2D eigenvalue weighted by Crippen LogP contribution is 2.63. The van der Waals surface area contributed by atoms with Crippen molar-refractivity contribution < 1.29 is 4.74 Å². The van der Waals surface area contributed by atoms with E-state index in [2.05, 4.69) is 121 Å². The highest BCUT2D eigenvalue weighted by Gasteiger charge is 2.49. The van der Waals surface area contributed by atoms with Crippen molar-refractivity contribution in [3.8, 4) is 0 Å². The third-order valence-corrected chi connectivity index (χ3v) is 11.7. The molecule has 0 spiro atoms. The minimum absolute atomic E-state index is 0.0162. The SMILES string of the molecule is c1ccc2c(c1)C1c3ccccc3C2c2cc3c(cc21)C1OC3c2cc3c(cc21)C1c2ccccc2C3c2ccccc21. The lowest BCUT2D eigenvalue weighted by Crippen LogP contribution is -2.29. The Morgan fingerprint density at radius 1 is 0.256 bits per heavy atom. The zero-order valence-electron chi connectivity index (χ0n) is 23.4. The lowest BCUT2D eigenvalue weighted by atomic mass is 9.59. The summed E-state index contributed by atoms with van der Waals surface area (Å²) >= 11 is 0. The second-order valence-electron chi connectivity index (χ2n) is 13.4. The van der Waals surface area contributed by atoms with Crippen LogP contribution >= 0.6 is 0 Å². The van der Waals surface area contributed by atoms with Gasteiger partial charge in [-0.3, -0.25) is 0 Å². The van der Waals surface area contributed by atoms with Crippen LogP contribution in [0.4, 0.5) is 0 Å². The topological polar surface area (TPSA) is 9.23 Å². The van der Waals surface area contributed by atoms with Crippen LogP contribution in [0.5, 0.6) is 0 Å². The van der Waals surface area contributed by atoms with E-state index >= 15 is 0 Å². The maximum atomic E-state index is 6.94. The molecule has 0 fully saturated rings. The monoisotopic (exact) mass is 546 g/mol. The fourth-order valence-corrected chi connectivity index (χ4v) is 10.2. The van der Waals surface area contributed by atoms with Crippen molar-refractivity contribution in [1.29, 1.82) is 0 Å². The summed E-state index contributed by atoms with van der Waals surface area (Å²) in [5.41, 5.74) is 23.3. The van der Waals surface area contributed by atoms with E-state index < -0.39 is 0 Å². The average molecular weight is 547 g/mol. The molecule has 1 nitrogen and oxygen atoms in total. The van der Waals surface area contributed by atoms with E-state index in [0.717, 1.165) is 0 Å². The highest BCUT2D eigenvalue weighted by molar-refractivity contribution is 5.73. The van der Waals surface area contributed by atoms with Gasteiger partial charge in [-0.15, -0.1) is 0 Å². The third kappa shape index (κ3) is 2.39. The van der Waals surface area contributed by atoms with Gasteiger partial charge < -0.3 is 4.74 Å². The molecule has 0 aromatic heterocycles. The van der Waals surface area contributed by atoms with Crippen molar-refractivity contribution in [2.75, 3.05) is 0 Å². The molecule has 6 bridgehead atoms. The molecule has 0 radical (unpaired) electrons. The molecule has 0 amide bonds. The molecule has 6 aromatic carbocycles. The Bertz CT molecular complexity index is 1860. The van der Waals surface area contributed by atoms with E-state index in [4.69, 9.17) is 4.74 Å². The number of hydrogen-bond donors (Lipinski definition) is 0. The number of rotatable bonds is 0. The summed E-state index contributed by atoms with van der Waals surface area (Å²) in [6.07, 6.45) is 0.0324. The maximum Gasteiger partial charge on any atom is 0.110 e. The van der Waals surface area contributed by atoms with Crippen LogP contribution in [0.25, 0.3) is 0 Å². The van der Waals surface area contributed by atoms with Crippen LogP contribution in [-0.2, 0) is 4.74 Å². The van der Waals surface area contributed by atoms with E-state index in [1.54, 1.807) is 0 Å². The Morgan fingerprint density at radius 2 is 0.465 bits per heavy atom. The summed E-state index contributed by atoms with van der Waals surface area (Å²) in [5.74, 6) is 1.18. The van der Waals surface area contributed by atoms with Gasteiger partial charge in [0, 0.05) is 23.7 Å². The molecule has 8 aliphatic rings. The van der Waals surface area contributed by atoms with Crippen molar-refractivity contribution >= 4 is 0 Å². The van der Waals surface area contributed by atoms with Crippen LogP contribution in [0.2, 0.25) is 0 Å². The summed E-state index contributed by atoms with van der Waals surface area (Å²) in [5, 5.41) is 0. The average Bonchev–Trinajstić information content (AvgIpc) is 3.62. The fourth-order valence-electron chi connectivity index (χ4n) is 10.2. The second-order valence-corrected chi connectivity index (χ2v) is 13.4. The van der Waals surface area contributed by atoms with Gasteiger partial charge in [0.25, 0.3) is 0 Å². The number of benzene rings is 6. The first-order valence-corrected chi connectivity index (χ1v) is 15.7. The van der Waals surface area contributed by atoms with Gasteiger partial charge in [0.15, 0.2) is 0 Å². The van der Waals surface area contributed by atoms with E-state index in [-0.39, 0.29) is 12.2 Å². The third-order valence-electron chi connectivity index (χ3n) is 11.7. The smallest absolute Gasteiger partial charge is 0.110 e. The van der Waals surface area contributed by atoms with Crippen molar-refractivity contribution in [2.45, 2.75) is 35.9 Å². The van der Waals surface area contributed by atoms with E-state index in [1.165, 1.54) is 89.0 Å². The molecule has 200 valence electrons. The van der Waals surface area contributed by atoms with Crippen molar-refractivity contribution in [3.05, 3.63) is 210 Å². The predicted molar refractivity (Wildman–Crippen MR) is 167 cm³/mol. The maximum absolute atomic E-state index is 6.94. The molecular formula is C42H26O. The van der Waals surface area contributed by atoms with Gasteiger partial charge in [-0.25, -0.2) is 0 Å². The molecule has 0 N–H and O–H groups in total. The molecule has 0 saturated carbocycles. The normalized spacial score (nSPS) is 26.0. The van der Waals surface area contributed by atoms with Crippen LogP contribution in [0.15, 0.2) is 121 Å². The summed E-state index contributed by atoms with van der Waals surface area (Å²) < 4.78 is 6.94. The zero-order chi connectivity index (χ0) is 27.6. The summed E-state index contributed by atoms with van der Waals surface area (Å²) in [4.78, 5) is 0. The molecular weight excluding hydrogens is 520 g/mol.